The molecular formula is C56H56N2O8. The lowest BCUT2D eigenvalue weighted by Gasteiger charge is -2.36. The molecule has 0 aromatic heterocycles. The number of hydrogen-bond acceptors (Lipinski definition) is 10. The second kappa shape index (κ2) is 18.2. The molecule has 0 bridgehead atoms. The lowest BCUT2D eigenvalue weighted by molar-refractivity contribution is 0.0901. The van der Waals surface area contributed by atoms with Crippen molar-refractivity contribution in [2.24, 2.45) is 0 Å². The number of ether oxygens (including phenoxy) is 4. The van der Waals surface area contributed by atoms with Crippen molar-refractivity contribution in [1.29, 1.82) is 0 Å². The van der Waals surface area contributed by atoms with Crippen molar-refractivity contribution < 1.29 is 39.4 Å². The van der Waals surface area contributed by atoms with Gasteiger partial charge in [-0.1, -0.05) is 30.3 Å². The van der Waals surface area contributed by atoms with E-state index in [1.165, 1.54) is 19.3 Å². The number of aromatic hydroxyl groups is 4. The SMILES string of the molecule is CC1=C(c2cc(O)cc(-c3cc(C4Oc5ccc(O)cc5C(C)=C4c4cccc(O)c4)ccc3OCCN3CCCC3)c2)C(c2ccc(OC[C@H](C)N3CCC3)cc2)Oc2ccc(O)cc21. The van der Waals surface area contributed by atoms with Gasteiger partial charge in [-0.05, 0) is 196 Å². The Labute approximate surface area is 386 Å². The zero-order valence-electron chi connectivity index (χ0n) is 37.7. The lowest BCUT2D eigenvalue weighted by atomic mass is 9.84. The minimum Gasteiger partial charge on any atom is -0.508 e. The number of phenols is 4. The van der Waals surface area contributed by atoms with E-state index >= 15 is 0 Å². The summed E-state index contributed by atoms with van der Waals surface area (Å²) in [6.45, 7) is 12.5. The maximum atomic E-state index is 11.7. The summed E-state index contributed by atoms with van der Waals surface area (Å²) in [6.07, 6.45) is 2.45. The highest BCUT2D eigenvalue weighted by atomic mass is 16.5. The molecule has 10 heteroatoms. The molecule has 2 saturated heterocycles. The predicted octanol–water partition coefficient (Wildman–Crippen LogP) is 11.3. The van der Waals surface area contributed by atoms with Gasteiger partial charge in [-0.2, -0.15) is 0 Å². The van der Waals surface area contributed by atoms with Gasteiger partial charge in [-0.25, -0.2) is 0 Å². The minimum atomic E-state index is -0.603. The van der Waals surface area contributed by atoms with E-state index in [0.29, 0.717) is 36.5 Å². The average molecular weight is 885 g/mol. The van der Waals surface area contributed by atoms with Gasteiger partial charge in [0.15, 0.2) is 0 Å². The van der Waals surface area contributed by atoms with Crippen molar-refractivity contribution in [2.75, 3.05) is 45.9 Å². The van der Waals surface area contributed by atoms with Crippen LogP contribution in [0, 0.1) is 0 Å². The first kappa shape index (κ1) is 43.0. The first-order valence-electron chi connectivity index (χ1n) is 23.1. The highest BCUT2D eigenvalue weighted by Gasteiger charge is 2.33. The third-order valence-electron chi connectivity index (χ3n) is 13.6. The van der Waals surface area contributed by atoms with Crippen LogP contribution in [0.4, 0.5) is 0 Å². The summed E-state index contributed by atoms with van der Waals surface area (Å²) >= 11 is 0. The van der Waals surface area contributed by atoms with Crippen LogP contribution in [0.5, 0.6) is 46.0 Å². The molecule has 4 aliphatic rings. The van der Waals surface area contributed by atoms with E-state index in [-0.39, 0.29) is 23.0 Å². The van der Waals surface area contributed by atoms with E-state index in [2.05, 4.69) is 28.9 Å². The van der Waals surface area contributed by atoms with Crippen molar-refractivity contribution in [3.8, 4) is 57.1 Å². The first-order chi connectivity index (χ1) is 32.1. The molecule has 66 heavy (non-hydrogen) atoms. The Bertz CT molecular complexity index is 2840. The molecule has 338 valence electrons. The summed E-state index contributed by atoms with van der Waals surface area (Å²) in [5.41, 5.74) is 9.81. The highest BCUT2D eigenvalue weighted by molar-refractivity contribution is 5.98. The standard InChI is InChI=1S/C56H56N2O8/c1-34(58-22-7-23-58)33-64-46-15-10-37(11-16-46)55-54(36(3)48-32-44(61)13-18-51(48)65-55)41-26-40(28-45(62)29-41)49-30-39(12-17-50(49)63-25-24-57-20-4-5-21-57)56-53(38-8-6-9-42(59)27-38)35(2)47-31-43(60)14-19-52(47)66-56/h6,8-19,26-32,34,55-56,59-62H,4-5,7,20-25,33H2,1-3H3/t34-,55?,56?/m0/s1. The Morgan fingerprint density at radius 2 is 1.17 bits per heavy atom. The van der Waals surface area contributed by atoms with Gasteiger partial charge in [0, 0.05) is 40.4 Å². The van der Waals surface area contributed by atoms with Crippen molar-refractivity contribution in [2.45, 2.75) is 58.3 Å². The summed E-state index contributed by atoms with van der Waals surface area (Å²) in [5.74, 6) is 3.18. The average Bonchev–Trinajstić information content (AvgIpc) is 3.82. The largest absolute Gasteiger partial charge is 0.508 e. The fraction of sp³-hybridized carbons (Fsp3) is 0.286. The number of benzene rings is 6. The van der Waals surface area contributed by atoms with Gasteiger partial charge in [0.25, 0.3) is 0 Å². The quantitative estimate of drug-likeness (QED) is 0.0891. The number of likely N-dealkylation sites (tertiary alicyclic amines) is 2. The van der Waals surface area contributed by atoms with Crippen LogP contribution in [0.15, 0.2) is 121 Å². The van der Waals surface area contributed by atoms with Gasteiger partial charge in [-0.3, -0.25) is 9.80 Å². The van der Waals surface area contributed by atoms with E-state index in [4.69, 9.17) is 18.9 Å². The van der Waals surface area contributed by atoms with Crippen molar-refractivity contribution in [3.05, 3.63) is 155 Å². The van der Waals surface area contributed by atoms with Crippen LogP contribution >= 0.6 is 0 Å². The second-order valence-electron chi connectivity index (χ2n) is 18.0. The molecule has 6 aromatic rings. The summed E-state index contributed by atoms with van der Waals surface area (Å²) in [7, 11) is 0. The second-order valence-corrected chi connectivity index (χ2v) is 18.0. The predicted molar refractivity (Wildman–Crippen MR) is 258 cm³/mol. The Hall–Kier alpha value is -6.88. The summed E-state index contributed by atoms with van der Waals surface area (Å²) in [6, 6.07) is 37.5. The molecule has 10 nitrogen and oxygen atoms in total. The zero-order valence-corrected chi connectivity index (χ0v) is 37.7. The molecule has 6 aromatic carbocycles. The van der Waals surface area contributed by atoms with Crippen LogP contribution in [0.1, 0.15) is 85.6 Å². The van der Waals surface area contributed by atoms with Crippen molar-refractivity contribution in [1.82, 2.24) is 9.80 Å². The van der Waals surface area contributed by atoms with Crippen LogP contribution < -0.4 is 18.9 Å². The molecule has 0 spiro atoms. The molecule has 0 amide bonds. The molecule has 2 fully saturated rings. The van der Waals surface area contributed by atoms with Gasteiger partial charge < -0.3 is 39.4 Å². The number of nitrogens with zero attached hydrogens (tertiary/aromatic N) is 2. The molecule has 0 aliphatic carbocycles. The molecule has 0 saturated carbocycles. The number of phenolic OH excluding ortho intramolecular Hbond substituents is 4. The summed E-state index contributed by atoms with van der Waals surface area (Å²) < 4.78 is 26.6. The Balaban J connectivity index is 1.07. The zero-order chi connectivity index (χ0) is 45.5. The van der Waals surface area contributed by atoms with Gasteiger partial charge in [0.2, 0.25) is 0 Å². The van der Waals surface area contributed by atoms with Gasteiger partial charge in [-0.15, -0.1) is 0 Å². The fourth-order valence-corrected chi connectivity index (χ4v) is 9.88. The minimum absolute atomic E-state index is 0.0654. The Morgan fingerprint density at radius 1 is 0.561 bits per heavy atom. The molecule has 4 heterocycles. The molecule has 4 aliphatic heterocycles. The van der Waals surface area contributed by atoms with Crippen molar-refractivity contribution in [3.63, 3.8) is 0 Å². The Morgan fingerprint density at radius 3 is 1.82 bits per heavy atom. The number of allylic oxidation sites excluding steroid dienone is 2. The van der Waals surface area contributed by atoms with Crippen LogP contribution in [0.25, 0.3) is 33.4 Å². The lowest BCUT2D eigenvalue weighted by Crippen LogP contribution is -2.46. The third kappa shape index (κ3) is 8.66. The maximum absolute atomic E-state index is 11.7. The van der Waals surface area contributed by atoms with Crippen LogP contribution in [-0.2, 0) is 0 Å². The molecule has 10 rings (SSSR count). The van der Waals surface area contributed by atoms with Crippen LogP contribution in [0.3, 0.4) is 0 Å². The van der Waals surface area contributed by atoms with E-state index in [9.17, 15) is 20.4 Å². The number of rotatable bonds is 13. The van der Waals surface area contributed by atoms with Gasteiger partial charge >= 0.3 is 0 Å². The van der Waals surface area contributed by atoms with E-state index in [0.717, 1.165) is 105 Å². The molecule has 0 radical (unpaired) electrons. The molecule has 4 N–H and O–H groups in total. The summed E-state index contributed by atoms with van der Waals surface area (Å²) in [5, 5.41) is 43.6. The number of fused-ring (bicyclic) bond motifs is 2. The van der Waals surface area contributed by atoms with E-state index < -0.39 is 12.2 Å². The van der Waals surface area contributed by atoms with Gasteiger partial charge in [0.05, 0.1) is 0 Å². The highest BCUT2D eigenvalue weighted by Crippen LogP contribution is 2.51. The van der Waals surface area contributed by atoms with E-state index in [1.807, 2.05) is 62.4 Å². The smallest absolute Gasteiger partial charge is 0.150 e. The molecular weight excluding hydrogens is 829 g/mol. The summed E-state index contributed by atoms with van der Waals surface area (Å²) in [4.78, 5) is 4.84. The number of hydrogen-bond donors (Lipinski definition) is 4. The van der Waals surface area contributed by atoms with Crippen molar-refractivity contribution >= 4 is 22.3 Å². The monoisotopic (exact) mass is 884 g/mol. The Kier molecular flexibility index (Phi) is 11.9. The van der Waals surface area contributed by atoms with Crippen LogP contribution in [-0.4, -0.2) is 82.2 Å². The topological polar surface area (TPSA) is 124 Å². The van der Waals surface area contributed by atoms with E-state index in [1.54, 1.807) is 60.7 Å². The maximum Gasteiger partial charge on any atom is 0.150 e. The third-order valence-corrected chi connectivity index (χ3v) is 13.6. The van der Waals surface area contributed by atoms with Gasteiger partial charge in [0.1, 0.15) is 71.4 Å². The molecule has 3 atom stereocenters. The molecule has 2 unspecified atom stereocenters. The fourth-order valence-electron chi connectivity index (χ4n) is 9.88. The normalized spacial score (nSPS) is 18.8. The van der Waals surface area contributed by atoms with Crippen LogP contribution in [0.2, 0.25) is 0 Å². The first-order valence-corrected chi connectivity index (χ1v) is 23.1.